The summed E-state index contributed by atoms with van der Waals surface area (Å²) in [5.74, 6) is 0. The molecule has 1 aliphatic rings. The molecule has 1 aliphatic heterocycles. The fourth-order valence-electron chi connectivity index (χ4n) is 2.36. The van der Waals surface area contributed by atoms with Crippen LogP contribution >= 0.6 is 0 Å². The van der Waals surface area contributed by atoms with E-state index in [4.69, 9.17) is 0 Å². The minimum absolute atomic E-state index is 0.678. The second kappa shape index (κ2) is 5.46. The summed E-state index contributed by atoms with van der Waals surface area (Å²) in [5, 5.41) is 7.78. The Morgan fingerprint density at radius 3 is 3.12 bits per heavy atom. The Hall–Kier alpha value is -0.870. The Bertz CT molecular complexity index is 321. The van der Waals surface area contributed by atoms with Crippen LogP contribution in [0, 0.1) is 0 Å². The maximum atomic E-state index is 4.41. The van der Waals surface area contributed by atoms with Crippen molar-refractivity contribution in [3.63, 3.8) is 0 Å². The summed E-state index contributed by atoms with van der Waals surface area (Å²) in [6.45, 7) is 3.56. The molecule has 2 rings (SSSR count). The summed E-state index contributed by atoms with van der Waals surface area (Å²) < 4.78 is 1.88. The van der Waals surface area contributed by atoms with Crippen molar-refractivity contribution in [3.8, 4) is 0 Å². The SMILES string of the molecule is CNC1CCCN(CCc2ccn(C)n2)C1. The highest BCUT2D eigenvalue weighted by Crippen LogP contribution is 2.10. The van der Waals surface area contributed by atoms with E-state index < -0.39 is 0 Å². The molecule has 0 aromatic carbocycles. The molecule has 0 aliphatic carbocycles. The van der Waals surface area contributed by atoms with Crippen LogP contribution in [0.4, 0.5) is 0 Å². The highest BCUT2D eigenvalue weighted by atomic mass is 15.2. The molecule has 1 saturated heterocycles. The van der Waals surface area contributed by atoms with Crippen LogP contribution < -0.4 is 5.32 Å². The molecule has 0 bridgehead atoms. The predicted molar refractivity (Wildman–Crippen MR) is 65.4 cm³/mol. The van der Waals surface area contributed by atoms with Gasteiger partial charge >= 0.3 is 0 Å². The number of aromatic nitrogens is 2. The van der Waals surface area contributed by atoms with Crippen molar-refractivity contribution in [1.29, 1.82) is 0 Å². The van der Waals surface area contributed by atoms with Crippen LogP contribution in [0.2, 0.25) is 0 Å². The minimum Gasteiger partial charge on any atom is -0.316 e. The van der Waals surface area contributed by atoms with Gasteiger partial charge in [-0.25, -0.2) is 0 Å². The van der Waals surface area contributed by atoms with Crippen molar-refractivity contribution in [1.82, 2.24) is 20.0 Å². The number of hydrogen-bond acceptors (Lipinski definition) is 3. The first-order valence-corrected chi connectivity index (χ1v) is 6.16. The number of nitrogens with zero attached hydrogens (tertiary/aromatic N) is 3. The van der Waals surface area contributed by atoms with Gasteiger partial charge in [0.05, 0.1) is 5.69 Å². The molecule has 1 fully saturated rings. The zero-order chi connectivity index (χ0) is 11.4. The van der Waals surface area contributed by atoms with Crippen LogP contribution in [-0.2, 0) is 13.5 Å². The van der Waals surface area contributed by atoms with Crippen LogP contribution in [0.5, 0.6) is 0 Å². The Kier molecular flexibility index (Phi) is 3.96. The topological polar surface area (TPSA) is 33.1 Å². The normalized spacial score (nSPS) is 22.5. The van der Waals surface area contributed by atoms with E-state index in [0.717, 1.165) is 13.0 Å². The molecule has 1 atom stereocenters. The van der Waals surface area contributed by atoms with E-state index in [1.54, 1.807) is 0 Å². The molecule has 2 heterocycles. The van der Waals surface area contributed by atoms with E-state index in [0.29, 0.717) is 6.04 Å². The van der Waals surface area contributed by atoms with E-state index in [2.05, 4.69) is 28.4 Å². The van der Waals surface area contributed by atoms with Crippen LogP contribution in [-0.4, -0.2) is 47.4 Å². The third-order valence-electron chi connectivity index (χ3n) is 3.37. The number of hydrogen-bond donors (Lipinski definition) is 1. The largest absolute Gasteiger partial charge is 0.316 e. The van der Waals surface area contributed by atoms with Gasteiger partial charge in [-0.3, -0.25) is 4.68 Å². The number of aryl methyl sites for hydroxylation is 1. The zero-order valence-corrected chi connectivity index (χ0v) is 10.3. The average Bonchev–Trinajstić information content (AvgIpc) is 2.73. The molecule has 4 nitrogen and oxygen atoms in total. The number of likely N-dealkylation sites (tertiary alicyclic amines) is 1. The number of nitrogens with one attached hydrogen (secondary N) is 1. The summed E-state index contributed by atoms with van der Waals surface area (Å²) in [6, 6.07) is 2.79. The average molecular weight is 222 g/mol. The zero-order valence-electron chi connectivity index (χ0n) is 10.3. The highest BCUT2D eigenvalue weighted by Gasteiger charge is 2.17. The molecule has 1 aromatic heterocycles. The van der Waals surface area contributed by atoms with Gasteiger partial charge in [-0.2, -0.15) is 5.10 Å². The second-order valence-corrected chi connectivity index (χ2v) is 4.66. The van der Waals surface area contributed by atoms with Crippen molar-refractivity contribution in [3.05, 3.63) is 18.0 Å². The van der Waals surface area contributed by atoms with Gasteiger partial charge in [0.1, 0.15) is 0 Å². The molecule has 4 heteroatoms. The Morgan fingerprint density at radius 2 is 2.44 bits per heavy atom. The first-order chi connectivity index (χ1) is 7.78. The second-order valence-electron chi connectivity index (χ2n) is 4.66. The third kappa shape index (κ3) is 3.06. The van der Waals surface area contributed by atoms with E-state index in [1.165, 1.54) is 31.6 Å². The lowest BCUT2D eigenvalue weighted by Gasteiger charge is -2.32. The Balaban J connectivity index is 1.77. The van der Waals surface area contributed by atoms with Crippen LogP contribution in [0.25, 0.3) is 0 Å². The molecule has 0 radical (unpaired) electrons. The fourth-order valence-corrected chi connectivity index (χ4v) is 2.36. The lowest BCUT2D eigenvalue weighted by atomic mass is 10.1. The summed E-state index contributed by atoms with van der Waals surface area (Å²) in [7, 11) is 4.04. The Labute approximate surface area is 97.6 Å². The van der Waals surface area contributed by atoms with Crippen molar-refractivity contribution >= 4 is 0 Å². The van der Waals surface area contributed by atoms with Crippen LogP contribution in [0.1, 0.15) is 18.5 Å². The quantitative estimate of drug-likeness (QED) is 0.812. The monoisotopic (exact) mass is 222 g/mol. The molecule has 16 heavy (non-hydrogen) atoms. The summed E-state index contributed by atoms with van der Waals surface area (Å²) >= 11 is 0. The maximum absolute atomic E-state index is 4.41. The van der Waals surface area contributed by atoms with Crippen LogP contribution in [0.15, 0.2) is 12.3 Å². The van der Waals surface area contributed by atoms with Gasteiger partial charge in [0.15, 0.2) is 0 Å². The number of piperidine rings is 1. The van der Waals surface area contributed by atoms with E-state index in [9.17, 15) is 0 Å². The molecule has 1 aromatic rings. The maximum Gasteiger partial charge on any atom is 0.0637 e. The number of likely N-dealkylation sites (N-methyl/N-ethyl adjacent to an activating group) is 1. The van der Waals surface area contributed by atoms with Gasteiger partial charge in [0.25, 0.3) is 0 Å². The summed E-state index contributed by atoms with van der Waals surface area (Å²) in [4.78, 5) is 2.54. The first kappa shape index (κ1) is 11.6. The molecule has 0 amide bonds. The highest BCUT2D eigenvalue weighted by molar-refractivity contribution is 4.99. The molecule has 1 unspecified atom stereocenters. The standard InChI is InChI=1S/C12H22N4/c1-13-12-4-3-7-16(10-12)9-6-11-5-8-15(2)14-11/h5,8,12-13H,3-4,6-7,9-10H2,1-2H3. The molecule has 1 N–H and O–H groups in total. The summed E-state index contributed by atoms with van der Waals surface area (Å²) in [6.07, 6.45) is 5.71. The van der Waals surface area contributed by atoms with Crippen molar-refractivity contribution in [2.45, 2.75) is 25.3 Å². The van der Waals surface area contributed by atoms with E-state index in [-0.39, 0.29) is 0 Å². The van der Waals surface area contributed by atoms with Gasteiger partial charge in [0.2, 0.25) is 0 Å². The molecular formula is C12H22N4. The van der Waals surface area contributed by atoms with Crippen molar-refractivity contribution < 1.29 is 0 Å². The fraction of sp³-hybridized carbons (Fsp3) is 0.750. The smallest absolute Gasteiger partial charge is 0.0637 e. The summed E-state index contributed by atoms with van der Waals surface area (Å²) in [5.41, 5.74) is 1.20. The van der Waals surface area contributed by atoms with Gasteiger partial charge in [0, 0.05) is 38.8 Å². The van der Waals surface area contributed by atoms with Crippen molar-refractivity contribution in [2.24, 2.45) is 7.05 Å². The third-order valence-corrected chi connectivity index (χ3v) is 3.37. The lowest BCUT2D eigenvalue weighted by molar-refractivity contribution is 0.197. The van der Waals surface area contributed by atoms with Gasteiger partial charge in [-0.05, 0) is 32.5 Å². The van der Waals surface area contributed by atoms with Gasteiger partial charge in [-0.15, -0.1) is 0 Å². The van der Waals surface area contributed by atoms with E-state index in [1.807, 2.05) is 17.9 Å². The lowest BCUT2D eigenvalue weighted by Crippen LogP contribution is -2.44. The van der Waals surface area contributed by atoms with Gasteiger partial charge in [-0.1, -0.05) is 0 Å². The minimum atomic E-state index is 0.678. The Morgan fingerprint density at radius 1 is 1.56 bits per heavy atom. The first-order valence-electron chi connectivity index (χ1n) is 6.16. The molecule has 0 spiro atoms. The predicted octanol–water partition coefficient (Wildman–Crippen LogP) is 0.646. The van der Waals surface area contributed by atoms with Crippen LogP contribution in [0.3, 0.4) is 0 Å². The molecule has 0 saturated carbocycles. The van der Waals surface area contributed by atoms with Crippen molar-refractivity contribution in [2.75, 3.05) is 26.7 Å². The molecular weight excluding hydrogens is 200 g/mol. The van der Waals surface area contributed by atoms with E-state index >= 15 is 0 Å². The molecule has 90 valence electrons. The van der Waals surface area contributed by atoms with Gasteiger partial charge < -0.3 is 10.2 Å². The number of rotatable bonds is 4.